The third kappa shape index (κ3) is 4.36. The first-order valence-electron chi connectivity index (χ1n) is 10.8. The Balaban J connectivity index is 1.50. The van der Waals surface area contributed by atoms with Crippen LogP contribution in [0.25, 0.3) is 11.3 Å². The van der Waals surface area contributed by atoms with Gasteiger partial charge in [-0.05, 0) is 54.8 Å². The molecule has 5 nitrogen and oxygen atoms in total. The van der Waals surface area contributed by atoms with Crippen molar-refractivity contribution >= 4 is 5.97 Å². The zero-order valence-electron chi connectivity index (χ0n) is 18.3. The molecule has 0 saturated heterocycles. The van der Waals surface area contributed by atoms with E-state index in [1.54, 1.807) is 6.92 Å². The maximum Gasteiger partial charge on any atom is 0.323 e. The van der Waals surface area contributed by atoms with E-state index < -0.39 is 17.3 Å². The summed E-state index contributed by atoms with van der Waals surface area (Å²) in [7, 11) is 0. The number of ether oxygens (including phenoxy) is 1. The molecular weight excluding hydrogens is 407 g/mol. The molecule has 2 heterocycles. The lowest BCUT2D eigenvalue weighted by Gasteiger charge is -2.40. The molecule has 1 aliphatic heterocycles. The van der Waals surface area contributed by atoms with E-state index in [2.05, 4.69) is 4.98 Å². The molecule has 1 N–H and O–H groups in total. The maximum atomic E-state index is 15.0. The highest BCUT2D eigenvalue weighted by molar-refractivity contribution is 5.78. The standard InChI is InChI=1S/C26H27FN2O3/c1-3-26(2,25(30)31)29-14-13-23-20(16-29)15-22(27)24(28-23)19-9-11-21(12-10-19)32-17-18-7-5-4-6-8-18/h4-12,15H,3,13-14,16-17H2,1-2H3,(H,30,31). The van der Waals surface area contributed by atoms with Gasteiger partial charge in [-0.15, -0.1) is 0 Å². The van der Waals surface area contributed by atoms with Gasteiger partial charge in [0.2, 0.25) is 0 Å². The summed E-state index contributed by atoms with van der Waals surface area (Å²) in [6.45, 7) is 5.00. The summed E-state index contributed by atoms with van der Waals surface area (Å²) in [4.78, 5) is 18.3. The van der Waals surface area contributed by atoms with Gasteiger partial charge >= 0.3 is 5.97 Å². The van der Waals surface area contributed by atoms with Crippen molar-refractivity contribution in [2.45, 2.75) is 45.4 Å². The highest BCUT2D eigenvalue weighted by Crippen LogP contribution is 2.31. The van der Waals surface area contributed by atoms with Crippen molar-refractivity contribution in [2.24, 2.45) is 0 Å². The number of hydrogen-bond donors (Lipinski definition) is 1. The van der Waals surface area contributed by atoms with E-state index in [4.69, 9.17) is 4.74 Å². The van der Waals surface area contributed by atoms with E-state index >= 15 is 0 Å². The second kappa shape index (κ2) is 9.09. The molecule has 0 aliphatic carbocycles. The third-order valence-electron chi connectivity index (χ3n) is 6.35. The van der Waals surface area contributed by atoms with Gasteiger partial charge in [0.15, 0.2) is 0 Å². The summed E-state index contributed by atoms with van der Waals surface area (Å²) in [5, 5.41) is 9.66. The number of carboxylic acid groups (broad SMARTS) is 1. The smallest absolute Gasteiger partial charge is 0.323 e. The monoisotopic (exact) mass is 434 g/mol. The van der Waals surface area contributed by atoms with Crippen LogP contribution in [0.3, 0.4) is 0 Å². The molecule has 3 aromatic rings. The Morgan fingerprint density at radius 2 is 1.91 bits per heavy atom. The van der Waals surface area contributed by atoms with Crippen LogP contribution in [0.2, 0.25) is 0 Å². The quantitative estimate of drug-likeness (QED) is 0.562. The minimum absolute atomic E-state index is 0.309. The van der Waals surface area contributed by atoms with E-state index in [1.165, 1.54) is 6.07 Å². The fraction of sp³-hybridized carbons (Fsp3) is 0.308. The number of benzene rings is 2. The van der Waals surface area contributed by atoms with Crippen LogP contribution < -0.4 is 4.74 Å². The number of hydrogen-bond acceptors (Lipinski definition) is 4. The van der Waals surface area contributed by atoms with Gasteiger partial charge in [-0.25, -0.2) is 9.37 Å². The molecule has 0 amide bonds. The first-order valence-corrected chi connectivity index (χ1v) is 10.8. The molecular formula is C26H27FN2O3. The lowest BCUT2D eigenvalue weighted by Crippen LogP contribution is -2.53. The van der Waals surface area contributed by atoms with Crippen molar-refractivity contribution in [2.75, 3.05) is 6.54 Å². The lowest BCUT2D eigenvalue weighted by atomic mass is 9.92. The molecule has 0 radical (unpaired) electrons. The Kier molecular flexibility index (Phi) is 6.24. The molecule has 0 bridgehead atoms. The van der Waals surface area contributed by atoms with Crippen molar-refractivity contribution in [1.29, 1.82) is 0 Å². The molecule has 1 atom stereocenters. The van der Waals surface area contributed by atoms with Crippen LogP contribution in [-0.4, -0.2) is 33.0 Å². The number of aliphatic carboxylic acids is 1. The largest absolute Gasteiger partial charge is 0.489 e. The van der Waals surface area contributed by atoms with Crippen LogP contribution in [0.5, 0.6) is 5.75 Å². The van der Waals surface area contributed by atoms with E-state index in [9.17, 15) is 14.3 Å². The summed E-state index contributed by atoms with van der Waals surface area (Å²) < 4.78 is 20.8. The van der Waals surface area contributed by atoms with Gasteiger partial charge in [-0.3, -0.25) is 9.69 Å². The molecule has 0 saturated carbocycles. The summed E-state index contributed by atoms with van der Waals surface area (Å²) in [5.74, 6) is -0.556. The van der Waals surface area contributed by atoms with Crippen LogP contribution in [0.1, 0.15) is 37.1 Å². The zero-order valence-corrected chi connectivity index (χ0v) is 18.3. The summed E-state index contributed by atoms with van der Waals surface area (Å²) in [6, 6.07) is 18.7. The molecule has 0 fully saturated rings. The van der Waals surface area contributed by atoms with Crippen molar-refractivity contribution < 1.29 is 19.0 Å². The van der Waals surface area contributed by atoms with E-state index in [0.717, 1.165) is 16.8 Å². The molecule has 1 aliphatic rings. The molecule has 0 spiro atoms. The summed E-state index contributed by atoms with van der Waals surface area (Å²) in [5.41, 5.74) is 2.68. The number of carbonyl (C=O) groups is 1. The first kappa shape index (κ1) is 22.0. The molecule has 1 aromatic heterocycles. The Morgan fingerprint density at radius 1 is 1.19 bits per heavy atom. The molecule has 166 valence electrons. The van der Waals surface area contributed by atoms with Crippen LogP contribution in [0, 0.1) is 5.82 Å². The van der Waals surface area contributed by atoms with Gasteiger partial charge in [-0.2, -0.15) is 0 Å². The van der Waals surface area contributed by atoms with Gasteiger partial charge in [0.05, 0.1) is 0 Å². The third-order valence-corrected chi connectivity index (χ3v) is 6.35. The Labute approximate surface area is 187 Å². The number of carboxylic acids is 1. The van der Waals surface area contributed by atoms with Gasteiger partial charge in [0, 0.05) is 30.8 Å². The van der Waals surface area contributed by atoms with Crippen LogP contribution in [0.15, 0.2) is 60.7 Å². The highest BCUT2D eigenvalue weighted by atomic mass is 19.1. The number of halogens is 1. The summed E-state index contributed by atoms with van der Waals surface area (Å²) in [6.07, 6.45) is 1.06. The van der Waals surface area contributed by atoms with Crippen LogP contribution in [-0.2, 0) is 24.4 Å². The average molecular weight is 435 g/mol. The van der Waals surface area contributed by atoms with E-state index in [0.29, 0.717) is 49.5 Å². The normalized spacial score (nSPS) is 15.6. The fourth-order valence-electron chi connectivity index (χ4n) is 4.03. The van der Waals surface area contributed by atoms with Gasteiger partial charge < -0.3 is 9.84 Å². The number of nitrogens with zero attached hydrogens (tertiary/aromatic N) is 2. The molecule has 4 rings (SSSR count). The maximum absolute atomic E-state index is 15.0. The van der Waals surface area contributed by atoms with E-state index in [-0.39, 0.29) is 0 Å². The van der Waals surface area contributed by atoms with Crippen molar-refractivity contribution in [3.05, 3.63) is 83.3 Å². The number of aromatic nitrogens is 1. The van der Waals surface area contributed by atoms with Gasteiger partial charge in [0.1, 0.15) is 29.4 Å². The predicted molar refractivity (Wildman–Crippen MR) is 121 cm³/mol. The number of fused-ring (bicyclic) bond motifs is 1. The van der Waals surface area contributed by atoms with Crippen molar-refractivity contribution in [3.63, 3.8) is 0 Å². The molecule has 2 aromatic carbocycles. The lowest BCUT2D eigenvalue weighted by molar-refractivity contribution is -0.151. The zero-order chi connectivity index (χ0) is 22.7. The first-order chi connectivity index (χ1) is 15.4. The van der Waals surface area contributed by atoms with E-state index in [1.807, 2.05) is 66.4 Å². The van der Waals surface area contributed by atoms with Crippen LogP contribution in [0.4, 0.5) is 4.39 Å². The van der Waals surface area contributed by atoms with Gasteiger partial charge in [-0.1, -0.05) is 37.3 Å². The fourth-order valence-corrected chi connectivity index (χ4v) is 4.03. The minimum Gasteiger partial charge on any atom is -0.489 e. The predicted octanol–water partition coefficient (Wildman–Crippen LogP) is 5.08. The SMILES string of the molecule is CCC(C)(C(=O)O)N1CCc2nc(-c3ccc(OCc4ccccc4)cc3)c(F)cc2C1. The second-order valence-electron chi connectivity index (χ2n) is 8.33. The number of pyridine rings is 1. The molecule has 6 heteroatoms. The van der Waals surface area contributed by atoms with Crippen molar-refractivity contribution in [3.8, 4) is 17.0 Å². The highest BCUT2D eigenvalue weighted by Gasteiger charge is 2.39. The Hall–Kier alpha value is -3.25. The van der Waals surface area contributed by atoms with Crippen molar-refractivity contribution in [1.82, 2.24) is 9.88 Å². The average Bonchev–Trinajstić information content (AvgIpc) is 2.82. The van der Waals surface area contributed by atoms with Crippen LogP contribution >= 0.6 is 0 Å². The van der Waals surface area contributed by atoms with Gasteiger partial charge in [0.25, 0.3) is 0 Å². The molecule has 1 unspecified atom stereocenters. The number of rotatable bonds is 7. The summed E-state index contributed by atoms with van der Waals surface area (Å²) >= 11 is 0. The Bertz CT molecular complexity index is 1100. The minimum atomic E-state index is -0.970. The molecule has 32 heavy (non-hydrogen) atoms. The topological polar surface area (TPSA) is 62.7 Å². The Morgan fingerprint density at radius 3 is 2.56 bits per heavy atom. The second-order valence-corrected chi connectivity index (χ2v) is 8.33.